The van der Waals surface area contributed by atoms with Gasteiger partial charge in [-0.25, -0.2) is 4.79 Å². The van der Waals surface area contributed by atoms with E-state index < -0.39 is 5.97 Å². The highest BCUT2D eigenvalue weighted by atomic mass is 16.5. The molecule has 35 heavy (non-hydrogen) atoms. The van der Waals surface area contributed by atoms with Crippen LogP contribution < -0.4 is 18.9 Å². The molecule has 4 aromatic carbocycles. The molecule has 0 fully saturated rings. The Morgan fingerprint density at radius 3 is 2.23 bits per heavy atom. The average Bonchev–Trinajstić information content (AvgIpc) is 2.87. The van der Waals surface area contributed by atoms with Crippen molar-refractivity contribution < 1.29 is 28.8 Å². The van der Waals surface area contributed by atoms with Gasteiger partial charge in [0.05, 0.1) is 23.8 Å². The van der Waals surface area contributed by atoms with Crippen LogP contribution in [0, 0.1) is 0 Å². The van der Waals surface area contributed by atoms with Gasteiger partial charge >= 0.3 is 5.97 Å². The molecule has 1 atom stereocenters. The summed E-state index contributed by atoms with van der Waals surface area (Å²) in [6, 6.07) is 25.1. The van der Waals surface area contributed by atoms with Crippen LogP contribution in [0.5, 0.6) is 28.7 Å². The smallest absolute Gasteiger partial charge is 0.343 e. The number of phenols is 1. The summed E-state index contributed by atoms with van der Waals surface area (Å²) in [6.07, 6.45) is -0.235. The molecule has 1 heterocycles. The maximum atomic E-state index is 13.1. The van der Waals surface area contributed by atoms with Crippen LogP contribution in [0.15, 0.2) is 84.9 Å². The third-order valence-electron chi connectivity index (χ3n) is 5.79. The molecule has 1 aliphatic heterocycles. The Morgan fingerprint density at radius 2 is 1.51 bits per heavy atom. The van der Waals surface area contributed by atoms with E-state index in [0.717, 1.165) is 16.9 Å². The fourth-order valence-corrected chi connectivity index (χ4v) is 4.03. The Balaban J connectivity index is 1.46. The highest BCUT2D eigenvalue weighted by Gasteiger charge is 2.26. The predicted octanol–water partition coefficient (Wildman–Crippen LogP) is 6.11. The van der Waals surface area contributed by atoms with Crippen molar-refractivity contribution in [3.05, 3.63) is 90.5 Å². The van der Waals surface area contributed by atoms with Crippen molar-refractivity contribution in [1.29, 1.82) is 0 Å². The zero-order valence-corrected chi connectivity index (χ0v) is 19.4. The molecule has 0 radical (unpaired) electrons. The van der Waals surface area contributed by atoms with Gasteiger partial charge in [-0.15, -0.1) is 0 Å². The number of fused-ring (bicyclic) bond motifs is 3. The van der Waals surface area contributed by atoms with Crippen molar-refractivity contribution in [2.24, 2.45) is 0 Å². The summed E-state index contributed by atoms with van der Waals surface area (Å²) in [5.74, 6) is 1.54. The zero-order valence-electron chi connectivity index (χ0n) is 19.4. The lowest BCUT2D eigenvalue weighted by molar-refractivity contribution is 0.0734. The van der Waals surface area contributed by atoms with Gasteiger partial charge in [-0.3, -0.25) is 0 Å². The summed E-state index contributed by atoms with van der Waals surface area (Å²) in [6.45, 7) is 2.21. The topological polar surface area (TPSA) is 74.2 Å². The molecule has 0 spiro atoms. The first-order chi connectivity index (χ1) is 17.0. The van der Waals surface area contributed by atoms with E-state index in [-0.39, 0.29) is 17.6 Å². The van der Waals surface area contributed by atoms with Gasteiger partial charge in [-0.05, 0) is 66.6 Å². The highest BCUT2D eigenvalue weighted by Crippen LogP contribution is 2.48. The summed E-state index contributed by atoms with van der Waals surface area (Å²) in [5.41, 5.74) is 3.26. The molecule has 0 aliphatic carbocycles. The number of hydrogen-bond donors (Lipinski definition) is 1. The maximum absolute atomic E-state index is 13.1. The summed E-state index contributed by atoms with van der Waals surface area (Å²) >= 11 is 0. The van der Waals surface area contributed by atoms with E-state index >= 15 is 0 Å². The monoisotopic (exact) mass is 468 g/mol. The van der Waals surface area contributed by atoms with E-state index in [1.165, 1.54) is 0 Å². The fraction of sp³-hybridized carbons (Fsp3) is 0.138. The largest absolute Gasteiger partial charge is 0.507 e. The van der Waals surface area contributed by atoms with E-state index in [0.29, 0.717) is 34.8 Å². The number of ether oxygens (including phenoxy) is 4. The Kier molecular flexibility index (Phi) is 6.02. The molecule has 6 nitrogen and oxygen atoms in total. The second-order valence-corrected chi connectivity index (χ2v) is 8.21. The summed E-state index contributed by atoms with van der Waals surface area (Å²) in [4.78, 5) is 13.1. The Bertz CT molecular complexity index is 1360. The third kappa shape index (κ3) is 4.51. The van der Waals surface area contributed by atoms with Crippen LogP contribution >= 0.6 is 0 Å². The molecule has 176 valence electrons. The number of rotatable bonds is 4. The highest BCUT2D eigenvalue weighted by molar-refractivity contribution is 5.94. The van der Waals surface area contributed by atoms with E-state index in [4.69, 9.17) is 18.9 Å². The molecule has 4 aromatic rings. The molecule has 0 aromatic heterocycles. The van der Waals surface area contributed by atoms with Gasteiger partial charge in [0.1, 0.15) is 41.5 Å². The Hall–Kier alpha value is -4.45. The lowest BCUT2D eigenvalue weighted by Crippen LogP contribution is -2.23. The van der Waals surface area contributed by atoms with Gasteiger partial charge < -0.3 is 24.1 Å². The van der Waals surface area contributed by atoms with E-state index in [2.05, 4.69) is 0 Å². The average molecular weight is 469 g/mol. The summed E-state index contributed by atoms with van der Waals surface area (Å²) in [7, 11) is 1.63. The van der Waals surface area contributed by atoms with Gasteiger partial charge in [0.2, 0.25) is 0 Å². The van der Waals surface area contributed by atoms with Gasteiger partial charge in [0.25, 0.3) is 0 Å². The number of hydrogen-bond acceptors (Lipinski definition) is 6. The number of phenolic OH excluding ortho intramolecular Hbond substituents is 1. The quantitative estimate of drug-likeness (QED) is 0.288. The first kappa shape index (κ1) is 22.3. The number of carbonyl (C=O) groups excluding carboxylic acids is 1. The minimum atomic E-state index is -0.521. The molecule has 5 rings (SSSR count). The van der Waals surface area contributed by atoms with Crippen molar-refractivity contribution in [2.75, 3.05) is 13.7 Å². The summed E-state index contributed by atoms with van der Waals surface area (Å²) in [5, 5.41) is 10.6. The predicted molar refractivity (Wildman–Crippen MR) is 133 cm³/mol. The van der Waals surface area contributed by atoms with Crippen molar-refractivity contribution in [1.82, 2.24) is 0 Å². The van der Waals surface area contributed by atoms with Crippen LogP contribution in [-0.2, 0) is 0 Å². The van der Waals surface area contributed by atoms with Crippen LogP contribution in [0.2, 0.25) is 0 Å². The summed E-state index contributed by atoms with van der Waals surface area (Å²) < 4.78 is 22.9. The number of carbonyl (C=O) groups is 1. The molecule has 0 saturated carbocycles. The molecule has 1 aliphatic rings. The second-order valence-electron chi connectivity index (χ2n) is 8.21. The Morgan fingerprint density at radius 1 is 0.857 bits per heavy atom. The molecular formula is C29H24O6. The third-order valence-corrected chi connectivity index (χ3v) is 5.79. The molecule has 0 bridgehead atoms. The Labute approximate surface area is 203 Å². The number of benzene rings is 4. The maximum Gasteiger partial charge on any atom is 0.343 e. The molecule has 1 N–H and O–H groups in total. The van der Waals surface area contributed by atoms with Crippen LogP contribution in [-0.4, -0.2) is 30.9 Å². The van der Waals surface area contributed by atoms with Gasteiger partial charge in [0.15, 0.2) is 0 Å². The molecular weight excluding hydrogens is 444 g/mol. The normalized spacial score (nSPS) is 14.3. The SMILES string of the molecule is COc1ccc(-c2ccc(C(=O)Oc3cccc4c3-c3c(O)cccc3OC[C@@H](C)O4)cc2)cc1. The van der Waals surface area contributed by atoms with Crippen molar-refractivity contribution in [3.63, 3.8) is 0 Å². The lowest BCUT2D eigenvalue weighted by Gasteiger charge is -2.25. The van der Waals surface area contributed by atoms with E-state index in [9.17, 15) is 9.90 Å². The van der Waals surface area contributed by atoms with Crippen LogP contribution in [0.25, 0.3) is 22.3 Å². The van der Waals surface area contributed by atoms with Gasteiger partial charge in [-0.2, -0.15) is 0 Å². The number of aromatic hydroxyl groups is 1. The van der Waals surface area contributed by atoms with E-state index in [1.54, 1.807) is 55.6 Å². The lowest BCUT2D eigenvalue weighted by atomic mass is 10.00. The van der Waals surface area contributed by atoms with Crippen molar-refractivity contribution in [2.45, 2.75) is 13.0 Å². The first-order valence-electron chi connectivity index (χ1n) is 11.2. The van der Waals surface area contributed by atoms with Crippen LogP contribution in [0.3, 0.4) is 0 Å². The minimum absolute atomic E-state index is 0.00856. The van der Waals surface area contributed by atoms with Crippen molar-refractivity contribution in [3.8, 4) is 51.0 Å². The van der Waals surface area contributed by atoms with E-state index in [1.807, 2.05) is 43.3 Å². The molecule has 6 heteroatoms. The van der Waals surface area contributed by atoms with Crippen molar-refractivity contribution >= 4 is 5.97 Å². The van der Waals surface area contributed by atoms with Crippen LogP contribution in [0.4, 0.5) is 0 Å². The fourth-order valence-electron chi connectivity index (χ4n) is 4.03. The molecule has 0 unspecified atom stereocenters. The molecule has 0 saturated heterocycles. The van der Waals surface area contributed by atoms with Gasteiger partial charge in [-0.1, -0.05) is 36.4 Å². The number of esters is 1. The standard InChI is InChI=1S/C29H24O6/c1-18-17-33-24-6-3-5-23(30)27(24)28-25(34-18)7-4-8-26(28)35-29(31)21-11-9-19(10-12-21)20-13-15-22(32-2)16-14-20/h3-16,18,30H,17H2,1-2H3/t18-/m1/s1. The van der Waals surface area contributed by atoms with Gasteiger partial charge in [0, 0.05) is 0 Å². The number of methoxy groups -OCH3 is 1. The first-order valence-corrected chi connectivity index (χ1v) is 11.2. The minimum Gasteiger partial charge on any atom is -0.507 e. The van der Waals surface area contributed by atoms with Crippen LogP contribution in [0.1, 0.15) is 17.3 Å². The molecule has 0 amide bonds. The zero-order chi connectivity index (χ0) is 24.4. The second kappa shape index (κ2) is 9.43.